The van der Waals surface area contributed by atoms with Gasteiger partial charge in [-0.15, -0.1) is 11.3 Å². The highest BCUT2D eigenvalue weighted by Crippen LogP contribution is 2.46. The number of aliphatic hydroxyl groups excluding tert-OH is 1. The van der Waals surface area contributed by atoms with E-state index in [1.165, 1.54) is 4.90 Å². The van der Waals surface area contributed by atoms with Gasteiger partial charge in [-0.2, -0.15) is 0 Å². The molecule has 1 fully saturated rings. The van der Waals surface area contributed by atoms with E-state index in [9.17, 15) is 19.5 Å². The maximum absolute atomic E-state index is 13.5. The zero-order valence-corrected chi connectivity index (χ0v) is 21.3. The second-order valence-electron chi connectivity index (χ2n) is 9.13. The fraction of sp³-hybridized carbons (Fsp3) is 0.143. The summed E-state index contributed by atoms with van der Waals surface area (Å²) < 4.78 is 5.86. The molecule has 6 rings (SSSR count). The molecule has 0 radical (unpaired) electrons. The Bertz CT molecular complexity index is 1620. The Balaban J connectivity index is 1.34. The number of hydrogen-bond donors (Lipinski definition) is 4. The van der Waals surface area contributed by atoms with Crippen LogP contribution in [0.1, 0.15) is 9.67 Å². The summed E-state index contributed by atoms with van der Waals surface area (Å²) in [7, 11) is 0. The van der Waals surface area contributed by atoms with E-state index in [0.29, 0.717) is 38.8 Å². The van der Waals surface area contributed by atoms with Gasteiger partial charge in [0.05, 0.1) is 28.6 Å². The predicted molar refractivity (Wildman–Crippen MR) is 148 cm³/mol. The van der Waals surface area contributed by atoms with Crippen molar-refractivity contribution in [2.45, 2.75) is 11.6 Å². The summed E-state index contributed by atoms with van der Waals surface area (Å²) >= 11 is 1.09. The van der Waals surface area contributed by atoms with Gasteiger partial charge in [0.15, 0.2) is 5.78 Å². The van der Waals surface area contributed by atoms with Crippen molar-refractivity contribution < 1.29 is 24.2 Å². The van der Waals surface area contributed by atoms with Crippen molar-refractivity contribution in [3.8, 4) is 11.5 Å². The van der Waals surface area contributed by atoms with E-state index in [-0.39, 0.29) is 18.0 Å². The molecule has 2 aliphatic heterocycles. The molecule has 3 amide bonds. The number of anilines is 3. The number of aliphatic hydroxyl groups is 1. The Hall–Kier alpha value is -4.58. The average molecular weight is 542 g/mol. The van der Waals surface area contributed by atoms with Crippen LogP contribution in [-0.2, 0) is 4.79 Å². The number of ether oxygens (including phenoxy) is 1. The van der Waals surface area contributed by atoms with Gasteiger partial charge in [0.25, 0.3) is 5.91 Å². The van der Waals surface area contributed by atoms with Gasteiger partial charge in [0.2, 0.25) is 0 Å². The van der Waals surface area contributed by atoms with Crippen molar-refractivity contribution >= 4 is 56.3 Å². The number of hydrogen-bond acceptors (Lipinski definition) is 8. The standard InChI is InChI=1S/C28H23N5O5S/c1-2-20(34)28(15-29-14-21(28)35)32-25(36)24-23-22-19(12-13-30-26(22)39-24)33(27(37)31-23)16-8-10-18(11-9-16)38-17-6-4-3-5-7-17/h2-13,21,29,35H,1,14-15H2,(H,31,37)(H,32,36)/t21-,28+/m0/s1. The van der Waals surface area contributed by atoms with Gasteiger partial charge in [-0.05, 0) is 48.5 Å². The Morgan fingerprint density at radius 1 is 1.15 bits per heavy atom. The van der Waals surface area contributed by atoms with Crippen molar-refractivity contribution in [3.63, 3.8) is 0 Å². The van der Waals surface area contributed by atoms with Crippen LogP contribution in [0, 0.1) is 0 Å². The summed E-state index contributed by atoms with van der Waals surface area (Å²) in [5, 5.41) is 19.6. The fourth-order valence-corrected chi connectivity index (χ4v) is 5.88. The van der Waals surface area contributed by atoms with E-state index in [1.807, 2.05) is 30.3 Å². The van der Waals surface area contributed by atoms with Gasteiger partial charge in [0, 0.05) is 19.3 Å². The smallest absolute Gasteiger partial charge is 0.331 e. The van der Waals surface area contributed by atoms with Crippen LogP contribution in [0.5, 0.6) is 11.5 Å². The van der Waals surface area contributed by atoms with Crippen LogP contribution in [0.15, 0.2) is 79.5 Å². The van der Waals surface area contributed by atoms with Gasteiger partial charge >= 0.3 is 6.03 Å². The molecule has 1 saturated heterocycles. The van der Waals surface area contributed by atoms with Crippen LogP contribution in [-0.4, -0.2) is 52.5 Å². The fourth-order valence-electron chi connectivity index (χ4n) is 4.87. The monoisotopic (exact) mass is 541 g/mol. The maximum Gasteiger partial charge on any atom is 0.331 e. The third-order valence-electron chi connectivity index (χ3n) is 6.80. The molecular weight excluding hydrogens is 518 g/mol. The maximum atomic E-state index is 13.5. The molecule has 2 aliphatic rings. The number of pyridine rings is 1. The molecule has 0 aliphatic carbocycles. The molecule has 4 aromatic rings. The zero-order chi connectivity index (χ0) is 27.1. The Morgan fingerprint density at radius 2 is 1.90 bits per heavy atom. The van der Waals surface area contributed by atoms with Crippen molar-refractivity contribution in [1.82, 2.24) is 15.6 Å². The van der Waals surface area contributed by atoms with Gasteiger partial charge in [-0.25, -0.2) is 9.78 Å². The highest BCUT2D eigenvalue weighted by molar-refractivity contribution is 7.21. The number of urea groups is 1. The summed E-state index contributed by atoms with van der Waals surface area (Å²) in [5.74, 6) is 0.205. The predicted octanol–water partition coefficient (Wildman–Crippen LogP) is 3.96. The zero-order valence-electron chi connectivity index (χ0n) is 20.5. The van der Waals surface area contributed by atoms with Crippen LogP contribution >= 0.6 is 11.3 Å². The first-order chi connectivity index (χ1) is 18.9. The van der Waals surface area contributed by atoms with Crippen molar-refractivity contribution in [2.24, 2.45) is 0 Å². The van der Waals surface area contributed by atoms with Crippen molar-refractivity contribution in [2.75, 3.05) is 23.3 Å². The van der Waals surface area contributed by atoms with Crippen LogP contribution < -0.4 is 25.6 Å². The third-order valence-corrected chi connectivity index (χ3v) is 7.89. The van der Waals surface area contributed by atoms with E-state index in [2.05, 4.69) is 27.5 Å². The van der Waals surface area contributed by atoms with Crippen molar-refractivity contribution in [3.05, 3.63) is 84.4 Å². The second kappa shape index (κ2) is 9.62. The third kappa shape index (κ3) is 4.13. The van der Waals surface area contributed by atoms with E-state index < -0.39 is 29.4 Å². The van der Waals surface area contributed by atoms with Crippen molar-refractivity contribution in [1.29, 1.82) is 0 Å². The number of ketones is 1. The SMILES string of the molecule is C=CC(=O)[C@]1(NC(=O)c2sc3nccc4c3c2NC(=O)N4c2ccc(Oc3ccccc3)cc2)CNC[C@@H]1O. The minimum atomic E-state index is -1.55. The summed E-state index contributed by atoms with van der Waals surface area (Å²) in [6.07, 6.45) is 1.53. The highest BCUT2D eigenvalue weighted by atomic mass is 32.1. The molecule has 4 heterocycles. The summed E-state index contributed by atoms with van der Waals surface area (Å²) in [4.78, 5) is 46.1. The number of benzene rings is 2. The van der Waals surface area contributed by atoms with Gasteiger partial charge in [0.1, 0.15) is 26.7 Å². The van der Waals surface area contributed by atoms with Gasteiger partial charge in [-0.1, -0.05) is 24.8 Å². The topological polar surface area (TPSA) is 133 Å². The number of carbonyl (C=O) groups excluding carboxylic acids is 3. The molecule has 196 valence electrons. The summed E-state index contributed by atoms with van der Waals surface area (Å²) in [6.45, 7) is 3.71. The molecule has 0 bridgehead atoms. The first-order valence-electron chi connectivity index (χ1n) is 12.1. The lowest BCUT2D eigenvalue weighted by atomic mass is 9.90. The number of β-amino-alcohol motifs (C(OH)–C–C–N with tert-alkyl or cyclic N) is 1. The lowest BCUT2D eigenvalue weighted by molar-refractivity contribution is -0.122. The van der Waals surface area contributed by atoms with Crippen LogP contribution in [0.25, 0.3) is 10.2 Å². The Kier molecular flexibility index (Phi) is 6.10. The number of rotatable bonds is 7. The van der Waals surface area contributed by atoms with Crippen LogP contribution in [0.2, 0.25) is 0 Å². The second-order valence-corrected chi connectivity index (χ2v) is 10.1. The van der Waals surface area contributed by atoms with Crippen LogP contribution in [0.3, 0.4) is 0 Å². The molecule has 39 heavy (non-hydrogen) atoms. The number of aromatic nitrogens is 1. The molecule has 11 heteroatoms. The minimum Gasteiger partial charge on any atom is -0.457 e. The molecular formula is C28H23N5O5S. The first kappa shape index (κ1) is 24.7. The molecule has 2 aromatic carbocycles. The molecule has 0 saturated carbocycles. The first-order valence-corrected chi connectivity index (χ1v) is 13.0. The lowest BCUT2D eigenvalue weighted by Crippen LogP contribution is -2.61. The van der Waals surface area contributed by atoms with Crippen LogP contribution in [0.4, 0.5) is 21.9 Å². The Morgan fingerprint density at radius 3 is 2.59 bits per heavy atom. The molecule has 2 aromatic heterocycles. The van der Waals surface area contributed by atoms with Gasteiger partial charge < -0.3 is 25.8 Å². The molecule has 4 N–H and O–H groups in total. The van der Waals surface area contributed by atoms with E-state index in [0.717, 1.165) is 17.4 Å². The number of nitrogens with zero attached hydrogens (tertiary/aromatic N) is 2. The van der Waals surface area contributed by atoms with E-state index in [1.54, 1.807) is 36.5 Å². The molecule has 2 atom stereocenters. The Labute approximate surface area is 226 Å². The van der Waals surface area contributed by atoms with E-state index >= 15 is 0 Å². The molecule has 0 spiro atoms. The quantitative estimate of drug-likeness (QED) is 0.260. The number of carbonyl (C=O) groups is 3. The number of amides is 3. The number of para-hydroxylation sites is 1. The average Bonchev–Trinajstić information content (AvgIpc) is 3.51. The largest absolute Gasteiger partial charge is 0.457 e. The number of thiophene rings is 1. The minimum absolute atomic E-state index is 0.0542. The summed E-state index contributed by atoms with van der Waals surface area (Å²) in [5.41, 5.74) is -0.0848. The molecule has 0 unspecified atom stereocenters. The normalized spacial score (nSPS) is 20.0. The van der Waals surface area contributed by atoms with E-state index in [4.69, 9.17) is 4.74 Å². The number of nitrogens with one attached hydrogen (secondary N) is 3. The molecule has 10 nitrogen and oxygen atoms in total. The highest BCUT2D eigenvalue weighted by Gasteiger charge is 2.49. The van der Waals surface area contributed by atoms with Gasteiger partial charge in [-0.3, -0.25) is 14.5 Å². The summed E-state index contributed by atoms with van der Waals surface area (Å²) in [6, 6.07) is 17.7. The lowest BCUT2D eigenvalue weighted by Gasteiger charge is -2.31.